The molecule has 0 radical (unpaired) electrons. The quantitative estimate of drug-likeness (QED) is 0.908. The molecule has 0 aliphatic carbocycles. The van der Waals surface area contributed by atoms with Crippen LogP contribution in [-0.2, 0) is 4.79 Å². The summed E-state index contributed by atoms with van der Waals surface area (Å²) in [6.45, 7) is 4.99. The van der Waals surface area contributed by atoms with Gasteiger partial charge in [0, 0.05) is 19.1 Å². The van der Waals surface area contributed by atoms with E-state index in [1.807, 2.05) is 37.3 Å². The van der Waals surface area contributed by atoms with Crippen molar-refractivity contribution < 1.29 is 4.79 Å². The molecule has 2 fully saturated rings. The lowest BCUT2D eigenvalue weighted by Gasteiger charge is -2.36. The third kappa shape index (κ3) is 2.99. The van der Waals surface area contributed by atoms with Gasteiger partial charge in [0.25, 0.3) is 0 Å². The zero-order chi connectivity index (χ0) is 13.2. The Bertz CT molecular complexity index is 451. The Kier molecular flexibility index (Phi) is 5.06. The first kappa shape index (κ1) is 15.3. The lowest BCUT2D eigenvalue weighted by molar-refractivity contribution is -0.134. The average molecular weight is 295 g/mol. The summed E-state index contributed by atoms with van der Waals surface area (Å²) in [7, 11) is 0. The topological polar surface area (TPSA) is 32.3 Å². The number of piperidine rings is 1. The summed E-state index contributed by atoms with van der Waals surface area (Å²) in [5.74, 6) is 0.935. The molecular weight excluding hydrogens is 272 g/mol. The number of halogens is 1. The van der Waals surface area contributed by atoms with Crippen LogP contribution in [0.15, 0.2) is 30.3 Å². The van der Waals surface area contributed by atoms with Crippen molar-refractivity contribution >= 4 is 18.3 Å². The molecule has 2 aliphatic heterocycles. The monoisotopic (exact) mass is 294 g/mol. The molecule has 0 bridgehead atoms. The third-order valence-corrected chi connectivity index (χ3v) is 4.64. The Morgan fingerprint density at radius 3 is 2.80 bits per heavy atom. The van der Waals surface area contributed by atoms with Gasteiger partial charge in [-0.15, -0.1) is 12.4 Å². The smallest absolute Gasteiger partial charge is 0.229 e. The molecule has 2 saturated heterocycles. The molecule has 3 nitrogen and oxygen atoms in total. The molecule has 3 unspecified atom stereocenters. The van der Waals surface area contributed by atoms with Crippen molar-refractivity contribution in [3.8, 4) is 0 Å². The van der Waals surface area contributed by atoms with Crippen LogP contribution in [-0.4, -0.2) is 36.5 Å². The van der Waals surface area contributed by atoms with Gasteiger partial charge in [0.05, 0.1) is 5.92 Å². The van der Waals surface area contributed by atoms with Crippen molar-refractivity contribution in [2.45, 2.75) is 31.7 Å². The van der Waals surface area contributed by atoms with Gasteiger partial charge in [0.15, 0.2) is 0 Å². The number of likely N-dealkylation sites (tertiary alicyclic amines) is 1. The molecule has 110 valence electrons. The van der Waals surface area contributed by atoms with Crippen LogP contribution < -0.4 is 5.32 Å². The van der Waals surface area contributed by atoms with Crippen LogP contribution in [0.25, 0.3) is 0 Å². The van der Waals surface area contributed by atoms with Crippen molar-refractivity contribution in [2.24, 2.45) is 5.92 Å². The molecule has 20 heavy (non-hydrogen) atoms. The van der Waals surface area contributed by atoms with Crippen LogP contribution in [0.5, 0.6) is 0 Å². The minimum atomic E-state index is -0.0212. The molecule has 0 spiro atoms. The van der Waals surface area contributed by atoms with E-state index in [-0.39, 0.29) is 24.2 Å². The standard InChI is InChI=1S/C16H22N2O.ClH/c1-12(13-5-3-2-4-6-13)16(19)18-10-8-15-14(11-18)7-9-17-15;/h2-6,12,14-15,17H,7-11H2,1H3;1H. The maximum Gasteiger partial charge on any atom is 0.229 e. The first-order valence-electron chi connectivity index (χ1n) is 7.33. The first-order valence-corrected chi connectivity index (χ1v) is 7.33. The van der Waals surface area contributed by atoms with Crippen LogP contribution in [0.2, 0.25) is 0 Å². The lowest BCUT2D eigenvalue weighted by atomic mass is 9.91. The second-order valence-electron chi connectivity index (χ2n) is 5.81. The van der Waals surface area contributed by atoms with E-state index in [1.165, 1.54) is 6.42 Å². The molecule has 1 aromatic carbocycles. The normalized spacial score (nSPS) is 26.6. The highest BCUT2D eigenvalue weighted by Crippen LogP contribution is 2.27. The maximum absolute atomic E-state index is 12.6. The van der Waals surface area contributed by atoms with Crippen molar-refractivity contribution in [2.75, 3.05) is 19.6 Å². The number of nitrogens with one attached hydrogen (secondary N) is 1. The highest BCUT2D eigenvalue weighted by molar-refractivity contribution is 5.85. The Hall–Kier alpha value is -1.06. The zero-order valence-electron chi connectivity index (χ0n) is 11.9. The highest BCUT2D eigenvalue weighted by Gasteiger charge is 2.35. The van der Waals surface area contributed by atoms with E-state index in [0.717, 1.165) is 31.6 Å². The van der Waals surface area contributed by atoms with Crippen molar-refractivity contribution in [1.29, 1.82) is 0 Å². The summed E-state index contributed by atoms with van der Waals surface area (Å²) in [5, 5.41) is 3.54. The Morgan fingerprint density at radius 1 is 1.30 bits per heavy atom. The number of benzene rings is 1. The molecular formula is C16H23ClN2O. The van der Waals surface area contributed by atoms with Crippen LogP contribution in [0.3, 0.4) is 0 Å². The first-order chi connectivity index (χ1) is 9.25. The predicted octanol–water partition coefficient (Wildman–Crippen LogP) is 2.42. The third-order valence-electron chi connectivity index (χ3n) is 4.64. The molecule has 2 heterocycles. The van der Waals surface area contributed by atoms with E-state index in [0.29, 0.717) is 12.0 Å². The molecule has 0 saturated carbocycles. The van der Waals surface area contributed by atoms with Gasteiger partial charge in [0.2, 0.25) is 5.91 Å². The summed E-state index contributed by atoms with van der Waals surface area (Å²) in [5.41, 5.74) is 1.12. The molecule has 2 aliphatic rings. The Labute approximate surface area is 127 Å². The van der Waals surface area contributed by atoms with Crippen molar-refractivity contribution in [1.82, 2.24) is 10.2 Å². The van der Waals surface area contributed by atoms with E-state index in [9.17, 15) is 4.79 Å². The fourth-order valence-electron chi connectivity index (χ4n) is 3.41. The van der Waals surface area contributed by atoms with E-state index in [2.05, 4.69) is 10.2 Å². The van der Waals surface area contributed by atoms with Gasteiger partial charge in [-0.05, 0) is 37.8 Å². The number of hydrogen-bond donors (Lipinski definition) is 1. The van der Waals surface area contributed by atoms with Gasteiger partial charge in [-0.1, -0.05) is 30.3 Å². The molecule has 1 N–H and O–H groups in total. The summed E-state index contributed by atoms with van der Waals surface area (Å²) >= 11 is 0. The van der Waals surface area contributed by atoms with Gasteiger partial charge < -0.3 is 10.2 Å². The highest BCUT2D eigenvalue weighted by atomic mass is 35.5. The molecule has 3 rings (SSSR count). The molecule has 0 aromatic heterocycles. The zero-order valence-corrected chi connectivity index (χ0v) is 12.7. The van der Waals surface area contributed by atoms with Gasteiger partial charge >= 0.3 is 0 Å². The van der Waals surface area contributed by atoms with E-state index in [4.69, 9.17) is 0 Å². The van der Waals surface area contributed by atoms with Crippen molar-refractivity contribution in [3.63, 3.8) is 0 Å². The van der Waals surface area contributed by atoms with E-state index >= 15 is 0 Å². The summed E-state index contributed by atoms with van der Waals surface area (Å²) in [6, 6.07) is 10.8. The molecule has 4 heteroatoms. The Balaban J connectivity index is 0.00000147. The summed E-state index contributed by atoms with van der Waals surface area (Å²) < 4.78 is 0. The lowest BCUT2D eigenvalue weighted by Crippen LogP contribution is -2.48. The Morgan fingerprint density at radius 2 is 2.05 bits per heavy atom. The average Bonchev–Trinajstić information content (AvgIpc) is 2.94. The summed E-state index contributed by atoms with van der Waals surface area (Å²) in [6.07, 6.45) is 2.33. The molecule has 1 amide bonds. The SMILES string of the molecule is CC(C(=O)N1CCC2NCCC2C1)c1ccccc1.Cl. The van der Waals surface area contributed by atoms with E-state index < -0.39 is 0 Å². The summed E-state index contributed by atoms with van der Waals surface area (Å²) in [4.78, 5) is 14.7. The van der Waals surface area contributed by atoms with Crippen LogP contribution in [0.4, 0.5) is 0 Å². The minimum absolute atomic E-state index is 0. The van der Waals surface area contributed by atoms with Gasteiger partial charge in [-0.25, -0.2) is 0 Å². The molecule has 1 aromatic rings. The van der Waals surface area contributed by atoms with Crippen LogP contribution in [0.1, 0.15) is 31.2 Å². The van der Waals surface area contributed by atoms with Gasteiger partial charge in [-0.2, -0.15) is 0 Å². The molecule has 3 atom stereocenters. The largest absolute Gasteiger partial charge is 0.342 e. The van der Waals surface area contributed by atoms with Crippen LogP contribution in [0, 0.1) is 5.92 Å². The van der Waals surface area contributed by atoms with Crippen molar-refractivity contribution in [3.05, 3.63) is 35.9 Å². The number of carbonyl (C=O) groups is 1. The maximum atomic E-state index is 12.6. The van der Waals surface area contributed by atoms with Crippen LogP contribution >= 0.6 is 12.4 Å². The fraction of sp³-hybridized carbons (Fsp3) is 0.562. The number of hydrogen-bond acceptors (Lipinski definition) is 2. The number of amides is 1. The number of nitrogens with zero attached hydrogens (tertiary/aromatic N) is 1. The van der Waals surface area contributed by atoms with Gasteiger partial charge in [0.1, 0.15) is 0 Å². The number of carbonyl (C=O) groups excluding carboxylic acids is 1. The number of rotatable bonds is 2. The minimum Gasteiger partial charge on any atom is -0.342 e. The van der Waals surface area contributed by atoms with Gasteiger partial charge in [-0.3, -0.25) is 4.79 Å². The fourth-order valence-corrected chi connectivity index (χ4v) is 3.41. The predicted molar refractivity (Wildman–Crippen MR) is 83.2 cm³/mol. The second kappa shape index (κ2) is 6.59. The second-order valence-corrected chi connectivity index (χ2v) is 5.81. The number of fused-ring (bicyclic) bond motifs is 1. The van der Waals surface area contributed by atoms with E-state index in [1.54, 1.807) is 0 Å².